The first kappa shape index (κ1) is 13.5. The fourth-order valence-corrected chi connectivity index (χ4v) is 2.98. The van der Waals surface area contributed by atoms with E-state index in [-0.39, 0.29) is 11.5 Å². The molecule has 0 saturated heterocycles. The summed E-state index contributed by atoms with van der Waals surface area (Å²) in [5, 5.41) is 10.2. The Kier molecular flexibility index (Phi) is 3.50. The van der Waals surface area contributed by atoms with Crippen molar-refractivity contribution < 1.29 is 9.90 Å². The molecule has 0 bridgehead atoms. The van der Waals surface area contributed by atoms with Crippen LogP contribution >= 0.6 is 11.3 Å². The van der Waals surface area contributed by atoms with Crippen molar-refractivity contribution in [2.45, 2.75) is 6.92 Å². The maximum atomic E-state index is 11.9. The van der Waals surface area contributed by atoms with E-state index in [2.05, 4.69) is 9.97 Å². The minimum Gasteiger partial charge on any atom is -0.508 e. The van der Waals surface area contributed by atoms with Crippen molar-refractivity contribution in [1.82, 2.24) is 9.97 Å². The second kappa shape index (κ2) is 5.46. The van der Waals surface area contributed by atoms with Gasteiger partial charge >= 0.3 is 0 Å². The SMILES string of the molecule is CC(=O)c1sc(-c2ccncc2)nc1-c1ccc(O)cc1. The largest absolute Gasteiger partial charge is 0.508 e. The average molecular weight is 296 g/mol. The first-order valence-electron chi connectivity index (χ1n) is 6.36. The molecule has 0 aliphatic rings. The lowest BCUT2D eigenvalue weighted by Crippen LogP contribution is -1.91. The molecular weight excluding hydrogens is 284 g/mol. The summed E-state index contributed by atoms with van der Waals surface area (Å²) in [4.78, 5) is 21.1. The molecule has 5 heteroatoms. The molecular formula is C16H12N2O2S. The molecule has 1 N–H and O–H groups in total. The molecule has 2 aromatic heterocycles. The van der Waals surface area contributed by atoms with Crippen LogP contribution in [-0.2, 0) is 0 Å². The molecule has 21 heavy (non-hydrogen) atoms. The Bertz CT molecular complexity index is 780. The summed E-state index contributed by atoms with van der Waals surface area (Å²) in [7, 11) is 0. The van der Waals surface area contributed by atoms with Gasteiger partial charge in [-0.15, -0.1) is 11.3 Å². The number of rotatable bonds is 3. The number of aromatic nitrogens is 2. The van der Waals surface area contributed by atoms with Crippen LogP contribution in [0, 0.1) is 0 Å². The Labute approximate surface area is 125 Å². The Morgan fingerprint density at radius 2 is 1.71 bits per heavy atom. The average Bonchev–Trinajstić information content (AvgIpc) is 2.94. The Morgan fingerprint density at radius 1 is 1.05 bits per heavy atom. The van der Waals surface area contributed by atoms with Crippen LogP contribution in [0.4, 0.5) is 0 Å². The van der Waals surface area contributed by atoms with E-state index in [4.69, 9.17) is 0 Å². The van der Waals surface area contributed by atoms with Crippen molar-refractivity contribution in [3.8, 4) is 27.6 Å². The van der Waals surface area contributed by atoms with E-state index in [9.17, 15) is 9.90 Å². The minimum absolute atomic E-state index is 0.0177. The van der Waals surface area contributed by atoms with Crippen LogP contribution in [0.2, 0.25) is 0 Å². The monoisotopic (exact) mass is 296 g/mol. The van der Waals surface area contributed by atoms with Crippen LogP contribution in [0.25, 0.3) is 21.8 Å². The minimum atomic E-state index is -0.0177. The molecule has 0 fully saturated rings. The Balaban J connectivity index is 2.14. The maximum Gasteiger partial charge on any atom is 0.172 e. The first-order valence-corrected chi connectivity index (χ1v) is 7.18. The van der Waals surface area contributed by atoms with Crippen molar-refractivity contribution in [3.05, 3.63) is 53.7 Å². The number of ketones is 1. The van der Waals surface area contributed by atoms with Gasteiger partial charge in [-0.05, 0) is 36.4 Å². The topological polar surface area (TPSA) is 63.1 Å². The predicted octanol–water partition coefficient (Wildman–Crippen LogP) is 3.78. The van der Waals surface area contributed by atoms with E-state index < -0.39 is 0 Å². The smallest absolute Gasteiger partial charge is 0.172 e. The zero-order chi connectivity index (χ0) is 14.8. The van der Waals surface area contributed by atoms with Gasteiger partial charge in [0.2, 0.25) is 0 Å². The quantitative estimate of drug-likeness (QED) is 0.747. The summed E-state index contributed by atoms with van der Waals surface area (Å²) < 4.78 is 0. The van der Waals surface area contributed by atoms with Crippen molar-refractivity contribution in [2.24, 2.45) is 0 Å². The third-order valence-electron chi connectivity index (χ3n) is 3.01. The van der Waals surface area contributed by atoms with E-state index in [0.717, 1.165) is 16.1 Å². The van der Waals surface area contributed by atoms with Gasteiger partial charge < -0.3 is 5.11 Å². The Hall–Kier alpha value is -2.53. The third-order valence-corrected chi connectivity index (χ3v) is 4.22. The van der Waals surface area contributed by atoms with E-state index in [1.54, 1.807) is 36.7 Å². The molecule has 3 rings (SSSR count). The van der Waals surface area contributed by atoms with Gasteiger partial charge in [-0.3, -0.25) is 9.78 Å². The number of benzene rings is 1. The van der Waals surface area contributed by atoms with E-state index in [1.165, 1.54) is 18.3 Å². The summed E-state index contributed by atoms with van der Waals surface area (Å²) in [6.45, 7) is 1.54. The number of phenolic OH excluding ortho intramolecular Hbond substituents is 1. The summed E-state index contributed by atoms with van der Waals surface area (Å²) in [5.74, 6) is 0.170. The van der Waals surface area contributed by atoms with E-state index >= 15 is 0 Å². The molecule has 0 aliphatic heterocycles. The molecule has 0 unspecified atom stereocenters. The van der Waals surface area contributed by atoms with E-state index in [1.807, 2.05) is 12.1 Å². The summed E-state index contributed by atoms with van der Waals surface area (Å²) in [6.07, 6.45) is 3.40. The van der Waals surface area contributed by atoms with Gasteiger partial charge in [0.05, 0.1) is 10.6 Å². The summed E-state index contributed by atoms with van der Waals surface area (Å²) in [6, 6.07) is 10.4. The highest BCUT2D eigenvalue weighted by Crippen LogP contribution is 2.34. The molecule has 1 aromatic carbocycles. The van der Waals surface area contributed by atoms with Crippen molar-refractivity contribution in [3.63, 3.8) is 0 Å². The molecule has 0 radical (unpaired) electrons. The van der Waals surface area contributed by atoms with Crippen LogP contribution in [0.3, 0.4) is 0 Å². The Morgan fingerprint density at radius 3 is 2.33 bits per heavy atom. The number of phenols is 1. The van der Waals surface area contributed by atoms with Gasteiger partial charge in [0.25, 0.3) is 0 Å². The van der Waals surface area contributed by atoms with Crippen molar-refractivity contribution >= 4 is 17.1 Å². The van der Waals surface area contributed by atoms with Gasteiger partial charge in [0, 0.05) is 30.4 Å². The zero-order valence-electron chi connectivity index (χ0n) is 11.3. The lowest BCUT2D eigenvalue weighted by molar-refractivity contribution is 0.102. The summed E-state index contributed by atoms with van der Waals surface area (Å²) >= 11 is 1.37. The second-order valence-corrected chi connectivity index (χ2v) is 5.53. The van der Waals surface area contributed by atoms with Gasteiger partial charge in [0.15, 0.2) is 5.78 Å². The molecule has 104 valence electrons. The number of thiazole rings is 1. The number of pyridine rings is 1. The van der Waals surface area contributed by atoms with Crippen LogP contribution in [0.5, 0.6) is 5.75 Å². The molecule has 4 nitrogen and oxygen atoms in total. The molecule has 0 spiro atoms. The van der Waals surface area contributed by atoms with Crippen molar-refractivity contribution in [2.75, 3.05) is 0 Å². The van der Waals surface area contributed by atoms with Gasteiger partial charge in [-0.2, -0.15) is 0 Å². The third kappa shape index (κ3) is 2.68. The highest BCUT2D eigenvalue weighted by atomic mass is 32.1. The molecule has 2 heterocycles. The molecule has 0 amide bonds. The van der Waals surface area contributed by atoms with Gasteiger partial charge in [-0.25, -0.2) is 4.98 Å². The fourth-order valence-electron chi connectivity index (χ4n) is 1.99. The highest BCUT2D eigenvalue weighted by molar-refractivity contribution is 7.17. The van der Waals surface area contributed by atoms with Gasteiger partial charge in [-0.1, -0.05) is 0 Å². The summed E-state index contributed by atoms with van der Waals surface area (Å²) in [5.41, 5.74) is 2.40. The maximum absolute atomic E-state index is 11.9. The number of Topliss-reactive ketones (excluding diaryl/α,β-unsaturated/α-hetero) is 1. The highest BCUT2D eigenvalue weighted by Gasteiger charge is 2.17. The lowest BCUT2D eigenvalue weighted by atomic mass is 10.1. The standard InChI is InChI=1S/C16H12N2O2S/c1-10(19)15-14(11-2-4-13(20)5-3-11)18-16(21-15)12-6-8-17-9-7-12/h2-9,20H,1H3. The molecule has 3 aromatic rings. The molecule has 0 atom stereocenters. The van der Waals surface area contributed by atoms with Gasteiger partial charge in [0.1, 0.15) is 10.8 Å². The fraction of sp³-hybridized carbons (Fsp3) is 0.0625. The predicted molar refractivity (Wildman–Crippen MR) is 82.5 cm³/mol. The van der Waals surface area contributed by atoms with Crippen LogP contribution in [0.15, 0.2) is 48.8 Å². The lowest BCUT2D eigenvalue weighted by Gasteiger charge is -1.99. The van der Waals surface area contributed by atoms with Crippen LogP contribution in [0.1, 0.15) is 16.6 Å². The van der Waals surface area contributed by atoms with Crippen LogP contribution < -0.4 is 0 Å². The number of carbonyl (C=O) groups excluding carboxylic acids is 1. The second-order valence-electron chi connectivity index (χ2n) is 4.54. The normalized spacial score (nSPS) is 10.5. The molecule has 0 aliphatic carbocycles. The number of hydrogen-bond acceptors (Lipinski definition) is 5. The molecule has 0 saturated carbocycles. The number of hydrogen-bond donors (Lipinski definition) is 1. The zero-order valence-corrected chi connectivity index (χ0v) is 12.1. The van der Waals surface area contributed by atoms with Crippen LogP contribution in [-0.4, -0.2) is 20.9 Å². The number of nitrogens with zero attached hydrogens (tertiary/aromatic N) is 2. The van der Waals surface area contributed by atoms with Crippen molar-refractivity contribution in [1.29, 1.82) is 0 Å². The van der Waals surface area contributed by atoms with E-state index in [0.29, 0.717) is 10.6 Å². The number of carbonyl (C=O) groups is 1. The first-order chi connectivity index (χ1) is 10.1. The number of aromatic hydroxyl groups is 1.